The number of phenols is 1. The smallest absolute Gasteiger partial charge is 0.133 e. The third kappa shape index (κ3) is 3.13. The average molecular weight is 313 g/mol. The van der Waals surface area contributed by atoms with E-state index < -0.39 is 0 Å². The fourth-order valence-electron chi connectivity index (χ4n) is 1.73. The number of benzene rings is 2. The van der Waals surface area contributed by atoms with Crippen LogP contribution in [0.2, 0.25) is 15.1 Å². The summed E-state index contributed by atoms with van der Waals surface area (Å²) in [5, 5.41) is 19.8. The van der Waals surface area contributed by atoms with Crippen molar-refractivity contribution in [1.29, 1.82) is 5.26 Å². The Kier molecular flexibility index (Phi) is 4.21. The molecule has 0 saturated carbocycles. The van der Waals surface area contributed by atoms with Gasteiger partial charge in [0.1, 0.15) is 11.8 Å². The van der Waals surface area contributed by atoms with Crippen molar-refractivity contribution < 1.29 is 5.11 Å². The highest BCUT2D eigenvalue weighted by atomic mass is 35.5. The highest BCUT2D eigenvalue weighted by Crippen LogP contribution is 2.31. The number of nitrogens with zero attached hydrogens (tertiary/aromatic N) is 1. The van der Waals surface area contributed by atoms with Gasteiger partial charge < -0.3 is 5.11 Å². The van der Waals surface area contributed by atoms with Crippen LogP contribution in [0.3, 0.4) is 0 Å². The van der Waals surface area contributed by atoms with Crippen molar-refractivity contribution in [2.45, 2.75) is 6.42 Å². The zero-order valence-corrected chi connectivity index (χ0v) is 11.9. The van der Waals surface area contributed by atoms with Crippen molar-refractivity contribution in [1.82, 2.24) is 0 Å². The second-order valence-corrected chi connectivity index (χ2v) is 5.24. The number of rotatable bonds is 2. The van der Waals surface area contributed by atoms with E-state index in [0.29, 0.717) is 21.5 Å². The molecular weight excluding hydrogens is 305 g/mol. The molecule has 1 N–H and O–H groups in total. The summed E-state index contributed by atoms with van der Waals surface area (Å²) < 4.78 is 0. The van der Waals surface area contributed by atoms with Gasteiger partial charge in [-0.15, -0.1) is 0 Å². The predicted molar refractivity (Wildman–Crippen MR) is 77.1 cm³/mol. The minimum Gasteiger partial charge on any atom is -0.507 e. The van der Waals surface area contributed by atoms with E-state index in [1.807, 2.05) is 6.07 Å². The number of phenolic OH excluding ortho intramolecular Hbond substituents is 1. The molecule has 0 aliphatic rings. The molecule has 0 aromatic heterocycles. The molecule has 0 aliphatic carbocycles. The topological polar surface area (TPSA) is 44.0 Å². The summed E-state index contributed by atoms with van der Waals surface area (Å²) in [5.74, 6) is -0.0421. The Morgan fingerprint density at radius 3 is 2.26 bits per heavy atom. The van der Waals surface area contributed by atoms with Gasteiger partial charge in [0.05, 0.1) is 5.56 Å². The highest BCUT2D eigenvalue weighted by molar-refractivity contribution is 6.39. The van der Waals surface area contributed by atoms with Gasteiger partial charge in [-0.1, -0.05) is 40.9 Å². The molecule has 19 heavy (non-hydrogen) atoms. The highest BCUT2D eigenvalue weighted by Gasteiger charge is 2.10. The summed E-state index contributed by atoms with van der Waals surface area (Å²) >= 11 is 18.1. The van der Waals surface area contributed by atoms with E-state index in [2.05, 4.69) is 0 Å². The van der Waals surface area contributed by atoms with Crippen LogP contribution in [0.15, 0.2) is 30.3 Å². The summed E-state index contributed by atoms with van der Waals surface area (Å²) in [6.07, 6.45) is 0.462. The van der Waals surface area contributed by atoms with Gasteiger partial charge in [0.15, 0.2) is 0 Å². The van der Waals surface area contributed by atoms with E-state index in [1.54, 1.807) is 24.3 Å². The van der Waals surface area contributed by atoms with Crippen LogP contribution in [0.25, 0.3) is 0 Å². The van der Waals surface area contributed by atoms with Crippen LogP contribution in [0, 0.1) is 11.3 Å². The molecule has 2 nitrogen and oxygen atoms in total. The first-order chi connectivity index (χ1) is 9.01. The molecule has 2 aromatic rings. The zero-order valence-electron chi connectivity index (χ0n) is 9.62. The Labute approximate surface area is 125 Å². The van der Waals surface area contributed by atoms with Crippen LogP contribution in [0.4, 0.5) is 0 Å². The lowest BCUT2D eigenvalue weighted by Gasteiger charge is -2.08. The summed E-state index contributed by atoms with van der Waals surface area (Å²) in [5.41, 5.74) is 1.79. The van der Waals surface area contributed by atoms with Crippen LogP contribution in [0.5, 0.6) is 5.75 Å². The molecule has 0 bridgehead atoms. The Balaban J connectivity index is 2.40. The first-order valence-corrected chi connectivity index (χ1v) is 6.50. The van der Waals surface area contributed by atoms with Gasteiger partial charge in [-0.05, 0) is 35.4 Å². The molecule has 2 rings (SSSR count). The normalized spacial score (nSPS) is 10.2. The average Bonchev–Trinajstić information content (AvgIpc) is 2.35. The molecule has 0 aliphatic heterocycles. The van der Waals surface area contributed by atoms with Gasteiger partial charge in [0.25, 0.3) is 0 Å². The van der Waals surface area contributed by atoms with Gasteiger partial charge >= 0.3 is 0 Å². The summed E-state index contributed by atoms with van der Waals surface area (Å²) in [6, 6.07) is 9.97. The van der Waals surface area contributed by atoms with Crippen LogP contribution in [0.1, 0.15) is 16.7 Å². The zero-order chi connectivity index (χ0) is 14.0. The minimum absolute atomic E-state index is 0.0421. The molecule has 0 unspecified atom stereocenters. The van der Waals surface area contributed by atoms with Crippen molar-refractivity contribution in [2.24, 2.45) is 0 Å². The lowest BCUT2D eigenvalue weighted by molar-refractivity contribution is 0.473. The fourth-order valence-corrected chi connectivity index (χ4v) is 2.68. The lowest BCUT2D eigenvalue weighted by atomic mass is 10.0. The van der Waals surface area contributed by atoms with Gasteiger partial charge in [0.2, 0.25) is 0 Å². The fraction of sp³-hybridized carbons (Fsp3) is 0.0714. The van der Waals surface area contributed by atoms with Crippen molar-refractivity contribution >= 4 is 34.8 Å². The first kappa shape index (κ1) is 14.0. The quantitative estimate of drug-likeness (QED) is 0.864. The summed E-state index contributed by atoms with van der Waals surface area (Å²) in [7, 11) is 0. The maximum Gasteiger partial charge on any atom is 0.133 e. The predicted octanol–water partition coefficient (Wildman–Crippen LogP) is 4.81. The van der Waals surface area contributed by atoms with Crippen LogP contribution < -0.4 is 0 Å². The minimum atomic E-state index is -0.0421. The van der Waals surface area contributed by atoms with Gasteiger partial charge in [0, 0.05) is 21.5 Å². The lowest BCUT2D eigenvalue weighted by Crippen LogP contribution is -1.92. The van der Waals surface area contributed by atoms with E-state index in [-0.39, 0.29) is 11.3 Å². The molecule has 0 saturated heterocycles. The summed E-state index contributed by atoms with van der Waals surface area (Å²) in [4.78, 5) is 0. The van der Waals surface area contributed by atoms with Gasteiger partial charge in [-0.25, -0.2) is 0 Å². The largest absolute Gasteiger partial charge is 0.507 e. The third-order valence-corrected chi connectivity index (χ3v) is 3.56. The number of hydrogen-bond donors (Lipinski definition) is 1. The number of hydrogen-bond acceptors (Lipinski definition) is 2. The van der Waals surface area contributed by atoms with E-state index in [1.165, 1.54) is 6.07 Å². The molecule has 2 aromatic carbocycles. The maximum absolute atomic E-state index is 9.45. The van der Waals surface area contributed by atoms with Crippen LogP contribution >= 0.6 is 34.8 Å². The molecule has 0 spiro atoms. The number of nitriles is 1. The summed E-state index contributed by atoms with van der Waals surface area (Å²) in [6.45, 7) is 0. The Bertz CT molecular complexity index is 654. The standard InChI is InChI=1S/C14H8Cl3NO/c15-10-5-12(16)11(13(17)6-10)4-8-1-2-14(19)9(3-8)7-18/h1-3,5-6,19H,4H2. The third-order valence-electron chi connectivity index (χ3n) is 2.67. The van der Waals surface area contributed by atoms with E-state index in [9.17, 15) is 5.11 Å². The first-order valence-electron chi connectivity index (χ1n) is 5.36. The second kappa shape index (κ2) is 5.71. The van der Waals surface area contributed by atoms with Crippen molar-refractivity contribution in [2.75, 3.05) is 0 Å². The molecule has 5 heteroatoms. The monoisotopic (exact) mass is 311 g/mol. The van der Waals surface area contributed by atoms with E-state index >= 15 is 0 Å². The van der Waals surface area contributed by atoms with Gasteiger partial charge in [-0.3, -0.25) is 0 Å². The molecule has 0 heterocycles. The molecule has 0 radical (unpaired) electrons. The number of halogens is 3. The molecular formula is C14H8Cl3NO. The maximum atomic E-state index is 9.45. The molecule has 0 atom stereocenters. The molecule has 96 valence electrons. The van der Waals surface area contributed by atoms with E-state index in [0.717, 1.165) is 11.1 Å². The Hall–Kier alpha value is -1.40. The second-order valence-electron chi connectivity index (χ2n) is 3.99. The van der Waals surface area contributed by atoms with E-state index in [4.69, 9.17) is 40.1 Å². The van der Waals surface area contributed by atoms with Crippen molar-refractivity contribution in [3.8, 4) is 11.8 Å². The van der Waals surface area contributed by atoms with Crippen LogP contribution in [-0.2, 0) is 6.42 Å². The Morgan fingerprint density at radius 1 is 1.05 bits per heavy atom. The van der Waals surface area contributed by atoms with Crippen LogP contribution in [-0.4, -0.2) is 5.11 Å². The molecule has 0 fully saturated rings. The van der Waals surface area contributed by atoms with Gasteiger partial charge in [-0.2, -0.15) is 5.26 Å². The van der Waals surface area contributed by atoms with Crippen molar-refractivity contribution in [3.05, 3.63) is 62.1 Å². The SMILES string of the molecule is N#Cc1cc(Cc2c(Cl)cc(Cl)cc2Cl)ccc1O. The molecule has 0 amide bonds. The number of aromatic hydroxyl groups is 1. The van der Waals surface area contributed by atoms with Crippen molar-refractivity contribution in [3.63, 3.8) is 0 Å². The Morgan fingerprint density at radius 2 is 1.68 bits per heavy atom.